The van der Waals surface area contributed by atoms with E-state index in [4.69, 9.17) is 9.47 Å². The molecule has 1 N–H and O–H groups in total. The molecular formula is C24H28N2O4. The maximum atomic E-state index is 13.2. The van der Waals surface area contributed by atoms with E-state index in [1.54, 1.807) is 0 Å². The summed E-state index contributed by atoms with van der Waals surface area (Å²) in [5, 5.41) is 3.14. The minimum atomic E-state index is -0.350. The van der Waals surface area contributed by atoms with Gasteiger partial charge in [-0.1, -0.05) is 37.3 Å². The van der Waals surface area contributed by atoms with Gasteiger partial charge in [-0.15, -0.1) is 0 Å². The molecule has 0 radical (unpaired) electrons. The Balaban J connectivity index is 1.90. The zero-order valence-corrected chi connectivity index (χ0v) is 17.7. The lowest BCUT2D eigenvalue weighted by molar-refractivity contribution is -0.137. The zero-order valence-electron chi connectivity index (χ0n) is 17.7. The number of carbonyl (C=O) groups excluding carboxylic acids is 2. The van der Waals surface area contributed by atoms with E-state index < -0.39 is 0 Å². The molecule has 0 unspecified atom stereocenters. The van der Waals surface area contributed by atoms with E-state index in [9.17, 15) is 9.59 Å². The summed E-state index contributed by atoms with van der Waals surface area (Å²) >= 11 is 0. The molecule has 0 atom stereocenters. The average Bonchev–Trinajstić information content (AvgIpc) is 2.97. The monoisotopic (exact) mass is 408 g/mol. The first-order chi connectivity index (χ1) is 14.5. The summed E-state index contributed by atoms with van der Waals surface area (Å²) in [7, 11) is 0. The van der Waals surface area contributed by atoms with Crippen LogP contribution in [0.15, 0.2) is 60.3 Å². The van der Waals surface area contributed by atoms with Gasteiger partial charge in [0.05, 0.1) is 31.4 Å². The van der Waals surface area contributed by atoms with Crippen LogP contribution in [0.3, 0.4) is 0 Å². The molecule has 2 amide bonds. The van der Waals surface area contributed by atoms with E-state index in [-0.39, 0.29) is 30.2 Å². The molecule has 6 nitrogen and oxygen atoms in total. The number of hydrogen-bond donors (Lipinski definition) is 1. The van der Waals surface area contributed by atoms with Crippen molar-refractivity contribution in [3.8, 4) is 5.75 Å². The first-order valence-corrected chi connectivity index (χ1v) is 10.3. The van der Waals surface area contributed by atoms with Crippen LogP contribution in [0.2, 0.25) is 0 Å². The Morgan fingerprint density at radius 1 is 0.933 bits per heavy atom. The van der Waals surface area contributed by atoms with Crippen molar-refractivity contribution in [3.63, 3.8) is 0 Å². The minimum Gasteiger partial charge on any atom is -0.494 e. The maximum Gasteiger partial charge on any atom is 0.278 e. The van der Waals surface area contributed by atoms with Gasteiger partial charge < -0.3 is 14.8 Å². The van der Waals surface area contributed by atoms with Crippen molar-refractivity contribution in [2.45, 2.75) is 33.3 Å². The van der Waals surface area contributed by atoms with Gasteiger partial charge >= 0.3 is 0 Å². The summed E-state index contributed by atoms with van der Waals surface area (Å²) in [6.45, 7) is 7.01. The molecule has 0 aliphatic carbocycles. The van der Waals surface area contributed by atoms with Gasteiger partial charge in [0, 0.05) is 5.69 Å². The summed E-state index contributed by atoms with van der Waals surface area (Å²) in [5.74, 6) is 0.0586. The van der Waals surface area contributed by atoms with E-state index in [1.807, 2.05) is 75.4 Å². The van der Waals surface area contributed by atoms with Gasteiger partial charge in [-0.3, -0.25) is 14.5 Å². The second-order valence-corrected chi connectivity index (χ2v) is 7.30. The number of hydrogen-bond acceptors (Lipinski definition) is 5. The number of nitrogens with zero attached hydrogens (tertiary/aromatic N) is 1. The molecule has 0 saturated carbocycles. The fourth-order valence-corrected chi connectivity index (χ4v) is 3.15. The Kier molecular flexibility index (Phi) is 7.25. The highest BCUT2D eigenvalue weighted by Gasteiger charge is 2.39. The highest BCUT2D eigenvalue weighted by atomic mass is 16.5. The first-order valence-electron chi connectivity index (χ1n) is 10.3. The van der Waals surface area contributed by atoms with Crippen molar-refractivity contribution in [2.24, 2.45) is 0 Å². The number of imide groups is 1. The Morgan fingerprint density at radius 3 is 2.27 bits per heavy atom. The van der Waals surface area contributed by atoms with Crippen LogP contribution in [-0.2, 0) is 14.3 Å². The second kappa shape index (κ2) is 10.1. The normalized spacial score (nSPS) is 14.1. The molecule has 0 bridgehead atoms. The molecule has 0 aromatic heterocycles. The van der Waals surface area contributed by atoms with Crippen LogP contribution in [0, 0.1) is 0 Å². The zero-order chi connectivity index (χ0) is 21.5. The number of carbonyl (C=O) groups is 2. The largest absolute Gasteiger partial charge is 0.494 e. The summed E-state index contributed by atoms with van der Waals surface area (Å²) in [4.78, 5) is 27.5. The van der Waals surface area contributed by atoms with Gasteiger partial charge in [0.25, 0.3) is 11.8 Å². The van der Waals surface area contributed by atoms with E-state index >= 15 is 0 Å². The van der Waals surface area contributed by atoms with Crippen LogP contribution in [0.5, 0.6) is 5.75 Å². The quantitative estimate of drug-likeness (QED) is 0.600. The molecule has 6 heteroatoms. The third kappa shape index (κ3) is 5.07. The van der Waals surface area contributed by atoms with Gasteiger partial charge in [-0.2, -0.15) is 0 Å². The van der Waals surface area contributed by atoms with E-state index in [0.29, 0.717) is 24.4 Å². The molecule has 0 fully saturated rings. The lowest BCUT2D eigenvalue weighted by atomic mass is 10.0. The van der Waals surface area contributed by atoms with Crippen LogP contribution in [0.4, 0.5) is 5.69 Å². The molecule has 0 saturated heterocycles. The highest BCUT2D eigenvalue weighted by Crippen LogP contribution is 2.31. The lowest BCUT2D eigenvalue weighted by Gasteiger charge is -2.16. The third-order valence-electron chi connectivity index (χ3n) is 4.59. The van der Waals surface area contributed by atoms with Gasteiger partial charge in [0.1, 0.15) is 11.4 Å². The fraction of sp³-hybridized carbons (Fsp3) is 0.333. The van der Waals surface area contributed by atoms with Gasteiger partial charge in [0.2, 0.25) is 0 Å². The van der Waals surface area contributed by atoms with Crippen LogP contribution < -0.4 is 10.1 Å². The van der Waals surface area contributed by atoms with E-state index in [0.717, 1.165) is 17.9 Å². The predicted molar refractivity (Wildman–Crippen MR) is 117 cm³/mol. The van der Waals surface area contributed by atoms with Crippen LogP contribution in [-0.4, -0.2) is 42.6 Å². The Labute approximate surface area is 177 Å². The Bertz CT molecular complexity index is 905. The number of anilines is 1. The van der Waals surface area contributed by atoms with E-state index in [2.05, 4.69) is 5.32 Å². The number of nitrogens with one attached hydrogen (secondary N) is 1. The number of amides is 2. The number of rotatable bonds is 10. The minimum absolute atomic E-state index is 0.0304. The number of para-hydroxylation sites is 1. The lowest BCUT2D eigenvalue weighted by Crippen LogP contribution is -2.35. The molecule has 0 spiro atoms. The Hall–Kier alpha value is -3.12. The topological polar surface area (TPSA) is 67.9 Å². The molecule has 1 heterocycles. The van der Waals surface area contributed by atoms with Crippen LogP contribution >= 0.6 is 0 Å². The van der Waals surface area contributed by atoms with Gasteiger partial charge in [0.15, 0.2) is 0 Å². The summed E-state index contributed by atoms with van der Waals surface area (Å²) in [6, 6.07) is 16.6. The third-order valence-corrected chi connectivity index (χ3v) is 4.59. The Morgan fingerprint density at radius 2 is 1.63 bits per heavy atom. The number of benzene rings is 2. The van der Waals surface area contributed by atoms with Crippen molar-refractivity contribution in [1.82, 2.24) is 4.90 Å². The molecule has 1 aliphatic rings. The smallest absolute Gasteiger partial charge is 0.278 e. The summed E-state index contributed by atoms with van der Waals surface area (Å²) < 4.78 is 11.2. The summed E-state index contributed by atoms with van der Waals surface area (Å²) in [5.41, 5.74) is 2.05. The first kappa shape index (κ1) is 21.6. The second-order valence-electron chi connectivity index (χ2n) is 7.30. The van der Waals surface area contributed by atoms with Gasteiger partial charge in [-0.05, 0) is 50.1 Å². The molecule has 30 heavy (non-hydrogen) atoms. The summed E-state index contributed by atoms with van der Waals surface area (Å²) in [6.07, 6.45) is 0.946. The van der Waals surface area contributed by atoms with Crippen molar-refractivity contribution < 1.29 is 19.1 Å². The highest BCUT2D eigenvalue weighted by molar-refractivity contribution is 6.36. The van der Waals surface area contributed by atoms with E-state index in [1.165, 1.54) is 4.90 Å². The van der Waals surface area contributed by atoms with Crippen LogP contribution in [0.25, 0.3) is 5.57 Å². The van der Waals surface area contributed by atoms with Crippen molar-refractivity contribution in [3.05, 3.63) is 65.9 Å². The molecule has 158 valence electrons. The van der Waals surface area contributed by atoms with Crippen molar-refractivity contribution >= 4 is 23.1 Å². The fourth-order valence-electron chi connectivity index (χ4n) is 3.15. The molecule has 3 rings (SSSR count). The SMILES string of the molecule is CCCOc1ccc(C2=C(Nc3ccccc3)C(=O)N(CCOC(C)C)C2=O)cc1. The standard InChI is InChI=1S/C24H28N2O4/c1-4-15-30-20-12-10-18(11-13-20)21-22(25-19-8-6-5-7-9-19)24(28)26(23(21)27)14-16-29-17(2)3/h5-13,17,25H,4,14-16H2,1-3H3. The molecule has 1 aliphatic heterocycles. The van der Waals surface area contributed by atoms with Crippen LogP contribution in [0.1, 0.15) is 32.8 Å². The van der Waals surface area contributed by atoms with Crippen molar-refractivity contribution in [2.75, 3.05) is 25.1 Å². The molecular weight excluding hydrogens is 380 g/mol. The van der Waals surface area contributed by atoms with Crippen molar-refractivity contribution in [1.29, 1.82) is 0 Å². The van der Waals surface area contributed by atoms with Gasteiger partial charge in [-0.25, -0.2) is 0 Å². The average molecular weight is 408 g/mol. The predicted octanol–water partition coefficient (Wildman–Crippen LogP) is 4.09. The molecule has 2 aromatic carbocycles. The molecule has 2 aromatic rings. The maximum absolute atomic E-state index is 13.2. The number of ether oxygens (including phenoxy) is 2.